The lowest BCUT2D eigenvalue weighted by molar-refractivity contribution is 0.831. The number of nitrogens with zero attached hydrogens (tertiary/aromatic N) is 4. The summed E-state index contributed by atoms with van der Waals surface area (Å²) in [6.45, 7) is 2.07. The normalized spacial score (nSPS) is 9.71. The van der Waals surface area contributed by atoms with Gasteiger partial charge in [-0.25, -0.2) is 9.97 Å². The smallest absolute Gasteiger partial charge is 0.135 e. The number of anilines is 2. The molecular weight excluding hydrogens is 330 g/mol. The minimum Gasteiger partial charge on any atom is -0.340 e. The van der Waals surface area contributed by atoms with Crippen molar-refractivity contribution in [3.63, 3.8) is 0 Å². The summed E-state index contributed by atoms with van der Waals surface area (Å²) in [5.41, 5.74) is 1.40. The Hall–Kier alpha value is -2.44. The van der Waals surface area contributed by atoms with Crippen molar-refractivity contribution in [3.05, 3.63) is 45.8 Å². The lowest BCUT2D eigenvalue weighted by atomic mass is 10.1. The van der Waals surface area contributed by atoms with E-state index in [4.69, 9.17) is 10.5 Å². The van der Waals surface area contributed by atoms with Gasteiger partial charge in [0.05, 0.1) is 11.1 Å². The standard InChI is InChI=1S/C15H12BrN5/c1-2-3-14-20-13(16)7-15(21-14)19-12-5-4-10(8-17)11(6-12)9-18/h4-7H,2-3H2,1H3,(H,19,20,21). The summed E-state index contributed by atoms with van der Waals surface area (Å²) in [7, 11) is 0. The van der Waals surface area contributed by atoms with E-state index in [0.29, 0.717) is 27.2 Å². The third-order valence-corrected chi connectivity index (χ3v) is 3.15. The predicted molar refractivity (Wildman–Crippen MR) is 82.9 cm³/mol. The molecule has 0 bridgehead atoms. The van der Waals surface area contributed by atoms with Crippen LogP contribution >= 0.6 is 15.9 Å². The van der Waals surface area contributed by atoms with Crippen LogP contribution in [0.1, 0.15) is 30.3 Å². The van der Waals surface area contributed by atoms with Crippen molar-refractivity contribution in [1.82, 2.24) is 9.97 Å². The van der Waals surface area contributed by atoms with Crippen molar-refractivity contribution >= 4 is 27.4 Å². The Balaban J connectivity index is 2.30. The van der Waals surface area contributed by atoms with Gasteiger partial charge in [-0.3, -0.25) is 0 Å². The maximum atomic E-state index is 9.04. The van der Waals surface area contributed by atoms with E-state index in [9.17, 15) is 0 Å². The molecule has 0 aliphatic rings. The third kappa shape index (κ3) is 3.77. The van der Waals surface area contributed by atoms with Gasteiger partial charge in [-0.1, -0.05) is 6.92 Å². The molecule has 1 aromatic carbocycles. The Bertz CT molecular complexity index is 743. The first kappa shape index (κ1) is 15.0. The molecule has 0 saturated heterocycles. The lowest BCUT2D eigenvalue weighted by Gasteiger charge is -2.08. The Morgan fingerprint density at radius 2 is 1.90 bits per heavy atom. The van der Waals surface area contributed by atoms with Crippen molar-refractivity contribution in [1.29, 1.82) is 10.5 Å². The topological polar surface area (TPSA) is 85.4 Å². The van der Waals surface area contributed by atoms with Gasteiger partial charge in [-0.15, -0.1) is 0 Å². The number of aryl methyl sites for hydroxylation is 1. The van der Waals surface area contributed by atoms with Crippen LogP contribution in [0.15, 0.2) is 28.9 Å². The second kappa shape index (κ2) is 6.83. The summed E-state index contributed by atoms with van der Waals surface area (Å²) in [6.07, 6.45) is 1.76. The number of halogens is 1. The molecule has 21 heavy (non-hydrogen) atoms. The second-order valence-electron chi connectivity index (χ2n) is 4.35. The van der Waals surface area contributed by atoms with E-state index >= 15 is 0 Å². The molecule has 1 aromatic heterocycles. The monoisotopic (exact) mass is 341 g/mol. The lowest BCUT2D eigenvalue weighted by Crippen LogP contribution is -2.01. The Morgan fingerprint density at radius 3 is 2.57 bits per heavy atom. The minimum atomic E-state index is 0.337. The number of aromatic nitrogens is 2. The zero-order valence-electron chi connectivity index (χ0n) is 11.4. The van der Waals surface area contributed by atoms with E-state index in [1.807, 2.05) is 12.1 Å². The van der Waals surface area contributed by atoms with Crippen LogP contribution < -0.4 is 5.32 Å². The van der Waals surface area contributed by atoms with Gasteiger partial charge in [0.25, 0.3) is 0 Å². The maximum absolute atomic E-state index is 9.04. The zero-order chi connectivity index (χ0) is 15.2. The Morgan fingerprint density at radius 1 is 1.14 bits per heavy atom. The fourth-order valence-electron chi connectivity index (χ4n) is 1.82. The molecule has 104 valence electrons. The number of hydrogen-bond acceptors (Lipinski definition) is 5. The first-order valence-corrected chi connectivity index (χ1v) is 7.20. The van der Waals surface area contributed by atoms with Crippen LogP contribution in [0, 0.1) is 22.7 Å². The highest BCUT2D eigenvalue weighted by molar-refractivity contribution is 9.10. The highest BCUT2D eigenvalue weighted by atomic mass is 79.9. The molecule has 2 rings (SSSR count). The average Bonchev–Trinajstić information content (AvgIpc) is 2.46. The Labute approximate surface area is 131 Å². The summed E-state index contributed by atoms with van der Waals surface area (Å²) in [6, 6.07) is 10.8. The molecule has 0 saturated carbocycles. The van der Waals surface area contributed by atoms with Crippen LogP contribution in [0.2, 0.25) is 0 Å². The van der Waals surface area contributed by atoms with Gasteiger partial charge < -0.3 is 5.32 Å². The first-order valence-electron chi connectivity index (χ1n) is 6.41. The molecule has 1 N–H and O–H groups in total. The fourth-order valence-corrected chi connectivity index (χ4v) is 2.25. The number of benzene rings is 1. The SMILES string of the molecule is CCCc1nc(Br)cc(Nc2ccc(C#N)c(C#N)c2)n1. The molecular formula is C15H12BrN5. The molecule has 0 amide bonds. The average molecular weight is 342 g/mol. The fraction of sp³-hybridized carbons (Fsp3) is 0.200. The predicted octanol–water partition coefficient (Wildman–Crippen LogP) is 3.68. The zero-order valence-corrected chi connectivity index (χ0v) is 13.0. The summed E-state index contributed by atoms with van der Waals surface area (Å²) < 4.78 is 0.706. The number of hydrogen-bond donors (Lipinski definition) is 1. The molecule has 6 heteroatoms. The maximum Gasteiger partial charge on any atom is 0.135 e. The van der Waals surface area contributed by atoms with Crippen LogP contribution in [-0.4, -0.2) is 9.97 Å². The van der Waals surface area contributed by atoms with Gasteiger partial charge in [0.1, 0.15) is 28.4 Å². The number of nitrogens with one attached hydrogen (secondary N) is 1. The third-order valence-electron chi connectivity index (χ3n) is 2.75. The van der Waals surface area contributed by atoms with E-state index in [-0.39, 0.29) is 0 Å². The van der Waals surface area contributed by atoms with E-state index < -0.39 is 0 Å². The molecule has 1 heterocycles. The van der Waals surface area contributed by atoms with Crippen LogP contribution in [-0.2, 0) is 6.42 Å². The Kier molecular flexibility index (Phi) is 4.86. The van der Waals surface area contributed by atoms with Gasteiger partial charge in [0.15, 0.2) is 0 Å². The van der Waals surface area contributed by atoms with Gasteiger partial charge in [-0.2, -0.15) is 10.5 Å². The largest absolute Gasteiger partial charge is 0.340 e. The molecule has 0 aliphatic carbocycles. The van der Waals surface area contributed by atoms with E-state index in [0.717, 1.165) is 18.7 Å². The van der Waals surface area contributed by atoms with Crippen LogP contribution in [0.3, 0.4) is 0 Å². The molecule has 0 spiro atoms. The van der Waals surface area contributed by atoms with Crippen LogP contribution in [0.4, 0.5) is 11.5 Å². The summed E-state index contributed by atoms with van der Waals surface area (Å²) in [4.78, 5) is 8.71. The van der Waals surface area contributed by atoms with Crippen molar-refractivity contribution in [2.75, 3.05) is 5.32 Å². The molecule has 0 fully saturated rings. The van der Waals surface area contributed by atoms with Gasteiger partial charge in [0.2, 0.25) is 0 Å². The van der Waals surface area contributed by atoms with E-state index in [2.05, 4.69) is 38.1 Å². The van der Waals surface area contributed by atoms with Crippen LogP contribution in [0.25, 0.3) is 0 Å². The number of rotatable bonds is 4. The van der Waals surface area contributed by atoms with Crippen molar-refractivity contribution in [3.8, 4) is 12.1 Å². The molecule has 2 aromatic rings. The van der Waals surface area contributed by atoms with Gasteiger partial charge in [-0.05, 0) is 40.5 Å². The highest BCUT2D eigenvalue weighted by Crippen LogP contribution is 2.20. The summed E-state index contributed by atoms with van der Waals surface area (Å²) >= 11 is 3.36. The highest BCUT2D eigenvalue weighted by Gasteiger charge is 2.06. The van der Waals surface area contributed by atoms with E-state index in [1.165, 1.54) is 0 Å². The molecule has 5 nitrogen and oxygen atoms in total. The quantitative estimate of drug-likeness (QED) is 0.857. The first-order chi connectivity index (χ1) is 10.2. The summed E-state index contributed by atoms with van der Waals surface area (Å²) in [5.74, 6) is 1.40. The molecule has 0 unspecified atom stereocenters. The number of nitriles is 2. The van der Waals surface area contributed by atoms with Crippen molar-refractivity contribution in [2.24, 2.45) is 0 Å². The molecule has 0 atom stereocenters. The van der Waals surface area contributed by atoms with Crippen molar-refractivity contribution < 1.29 is 0 Å². The van der Waals surface area contributed by atoms with Gasteiger partial charge >= 0.3 is 0 Å². The van der Waals surface area contributed by atoms with Gasteiger partial charge in [0, 0.05) is 18.2 Å². The van der Waals surface area contributed by atoms with E-state index in [1.54, 1.807) is 24.3 Å². The minimum absolute atomic E-state index is 0.337. The van der Waals surface area contributed by atoms with Crippen molar-refractivity contribution in [2.45, 2.75) is 19.8 Å². The van der Waals surface area contributed by atoms with Crippen LogP contribution in [0.5, 0.6) is 0 Å². The molecule has 0 aliphatic heterocycles. The molecule has 0 radical (unpaired) electrons. The second-order valence-corrected chi connectivity index (χ2v) is 5.16. The summed E-state index contributed by atoms with van der Waals surface area (Å²) in [5, 5.41) is 21.1.